The second-order valence-electron chi connectivity index (χ2n) is 8.98. The number of nitrogens with one attached hydrogen (secondary N) is 3. The van der Waals surface area contributed by atoms with Crippen LogP contribution in [0.15, 0.2) is 0 Å². The number of carbonyl (C=O) groups excluding carboxylic acids is 4. The van der Waals surface area contributed by atoms with Gasteiger partial charge < -0.3 is 40.4 Å². The molecule has 0 aromatic rings. The van der Waals surface area contributed by atoms with Crippen LogP contribution in [0.1, 0.15) is 59.8 Å². The number of hydrogen-bond donors (Lipinski definition) is 5. The van der Waals surface area contributed by atoms with Crippen LogP contribution in [0.25, 0.3) is 0 Å². The van der Waals surface area contributed by atoms with E-state index in [1.165, 1.54) is 0 Å². The molecular weight excluding hydrogens is 494 g/mol. The van der Waals surface area contributed by atoms with E-state index in [-0.39, 0.29) is 57.8 Å². The van der Waals surface area contributed by atoms with E-state index < -0.39 is 60.6 Å². The van der Waals surface area contributed by atoms with E-state index in [4.69, 9.17) is 19.3 Å². The number of Topliss-reactive ketones (excluding diaryl/α,β-unsaturated/α-hetero) is 1. The number of aliphatic carboxylic acids is 2. The van der Waals surface area contributed by atoms with Gasteiger partial charge in [0, 0.05) is 25.8 Å². The number of ether oxygens (including phenoxy) is 3. The van der Waals surface area contributed by atoms with Gasteiger partial charge in [-0.3, -0.25) is 19.2 Å². The van der Waals surface area contributed by atoms with Gasteiger partial charge in [-0.2, -0.15) is 0 Å². The number of rotatable bonds is 19. The van der Waals surface area contributed by atoms with Crippen molar-refractivity contribution in [2.24, 2.45) is 0 Å². The average Bonchev–Trinajstić information content (AvgIpc) is 2.78. The van der Waals surface area contributed by atoms with E-state index in [9.17, 15) is 33.9 Å². The van der Waals surface area contributed by atoms with Crippen molar-refractivity contribution in [1.29, 1.82) is 0 Å². The van der Waals surface area contributed by atoms with Gasteiger partial charge in [-0.15, -0.1) is 0 Å². The van der Waals surface area contributed by atoms with E-state index in [0.717, 1.165) is 0 Å². The molecule has 0 bridgehead atoms. The van der Waals surface area contributed by atoms with Gasteiger partial charge in [0.05, 0.1) is 19.8 Å². The minimum atomic E-state index is -1.47. The first-order valence-electron chi connectivity index (χ1n) is 11.9. The smallest absolute Gasteiger partial charge is 0.407 e. The highest BCUT2D eigenvalue weighted by atomic mass is 16.6. The zero-order chi connectivity index (χ0) is 28.4. The van der Waals surface area contributed by atoms with Gasteiger partial charge in [-0.25, -0.2) is 9.59 Å². The van der Waals surface area contributed by atoms with Crippen LogP contribution in [-0.4, -0.2) is 96.5 Å². The number of alkyl carbamates (subject to hydrolysis) is 1. The molecule has 212 valence electrons. The van der Waals surface area contributed by atoms with Crippen LogP contribution < -0.4 is 16.0 Å². The highest BCUT2D eigenvalue weighted by Crippen LogP contribution is 2.06. The third-order valence-electron chi connectivity index (χ3n) is 4.54. The lowest BCUT2D eigenvalue weighted by molar-refractivity contribution is -0.143. The molecule has 0 saturated carbocycles. The fraction of sp³-hybridized carbons (Fsp3) is 0.739. The highest BCUT2D eigenvalue weighted by molar-refractivity contribution is 5.91. The second-order valence-corrected chi connectivity index (χ2v) is 8.98. The number of amides is 3. The Morgan fingerprint density at radius 1 is 0.838 bits per heavy atom. The van der Waals surface area contributed by atoms with Crippen molar-refractivity contribution >= 4 is 35.6 Å². The summed E-state index contributed by atoms with van der Waals surface area (Å²) in [6.45, 7) is 7.02. The van der Waals surface area contributed by atoms with Gasteiger partial charge >= 0.3 is 18.0 Å². The van der Waals surface area contributed by atoms with Crippen LogP contribution in [0.2, 0.25) is 0 Å². The van der Waals surface area contributed by atoms with Crippen LogP contribution in [0.3, 0.4) is 0 Å². The van der Waals surface area contributed by atoms with Crippen molar-refractivity contribution in [3.63, 3.8) is 0 Å². The largest absolute Gasteiger partial charge is 0.481 e. The molecule has 0 heterocycles. The fourth-order valence-electron chi connectivity index (χ4n) is 2.71. The maximum atomic E-state index is 12.6. The number of hydrogen-bond acceptors (Lipinski definition) is 9. The maximum Gasteiger partial charge on any atom is 0.407 e. The molecule has 37 heavy (non-hydrogen) atoms. The molecule has 0 aliphatic heterocycles. The topological polar surface area (TPSA) is 207 Å². The molecule has 0 aliphatic carbocycles. The molecule has 5 N–H and O–H groups in total. The summed E-state index contributed by atoms with van der Waals surface area (Å²) in [6, 6.07) is -2.68. The van der Waals surface area contributed by atoms with Crippen molar-refractivity contribution < 1.29 is 53.2 Å². The zero-order valence-corrected chi connectivity index (χ0v) is 21.8. The maximum absolute atomic E-state index is 12.6. The first kappa shape index (κ1) is 33.7. The first-order chi connectivity index (χ1) is 17.2. The van der Waals surface area contributed by atoms with E-state index in [0.29, 0.717) is 0 Å². The summed E-state index contributed by atoms with van der Waals surface area (Å²) in [5, 5.41) is 25.1. The number of carbonyl (C=O) groups is 6. The van der Waals surface area contributed by atoms with Gasteiger partial charge in [0.15, 0.2) is 0 Å². The lowest BCUT2D eigenvalue weighted by Crippen LogP contribution is -2.52. The van der Waals surface area contributed by atoms with Gasteiger partial charge in [-0.1, -0.05) is 6.92 Å². The fourth-order valence-corrected chi connectivity index (χ4v) is 2.71. The van der Waals surface area contributed by atoms with Crippen LogP contribution in [0.5, 0.6) is 0 Å². The summed E-state index contributed by atoms with van der Waals surface area (Å²) in [5.41, 5.74) is -0.608. The van der Waals surface area contributed by atoms with Gasteiger partial charge in [-0.05, 0) is 33.6 Å². The normalized spacial score (nSPS) is 12.6. The number of carboxylic acids is 2. The number of carboxylic acid groups (broad SMARTS) is 2. The predicted octanol–water partition coefficient (Wildman–Crippen LogP) is 0.223. The molecule has 0 aromatic carbocycles. The van der Waals surface area contributed by atoms with E-state index in [1.54, 1.807) is 27.7 Å². The Labute approximate surface area is 215 Å². The van der Waals surface area contributed by atoms with Crippen molar-refractivity contribution in [3.05, 3.63) is 0 Å². The van der Waals surface area contributed by atoms with Crippen molar-refractivity contribution in [3.8, 4) is 0 Å². The molecule has 0 rings (SSSR count). The molecule has 0 aliphatic rings. The Bertz CT molecular complexity index is 780. The minimum Gasteiger partial charge on any atom is -0.481 e. The predicted molar refractivity (Wildman–Crippen MR) is 129 cm³/mol. The van der Waals surface area contributed by atoms with Gasteiger partial charge in [0.1, 0.15) is 30.1 Å². The number of ketones is 1. The SMILES string of the molecule is CCC(=O)CCC(NC(=O)COCCOCCNC(=O)OC(C)(C)C)C(=O)NC(CCC(=O)O)C(=O)O. The molecule has 14 heteroatoms. The van der Waals surface area contributed by atoms with E-state index in [1.807, 2.05) is 0 Å². The Morgan fingerprint density at radius 2 is 1.46 bits per heavy atom. The van der Waals surface area contributed by atoms with Crippen molar-refractivity contribution in [2.45, 2.75) is 77.5 Å². The van der Waals surface area contributed by atoms with Crippen molar-refractivity contribution in [2.75, 3.05) is 33.0 Å². The van der Waals surface area contributed by atoms with E-state index >= 15 is 0 Å². The Hall–Kier alpha value is -3.26. The quantitative estimate of drug-likeness (QED) is 0.142. The van der Waals surface area contributed by atoms with Crippen molar-refractivity contribution in [1.82, 2.24) is 16.0 Å². The lowest BCUT2D eigenvalue weighted by atomic mass is 10.1. The van der Waals surface area contributed by atoms with E-state index in [2.05, 4.69) is 16.0 Å². The third kappa shape index (κ3) is 18.6. The molecule has 0 spiro atoms. The van der Waals surface area contributed by atoms with Crippen LogP contribution in [0.4, 0.5) is 4.79 Å². The summed E-state index contributed by atoms with van der Waals surface area (Å²) in [5.74, 6) is -4.32. The monoisotopic (exact) mass is 533 g/mol. The molecule has 3 amide bonds. The second kappa shape index (κ2) is 18.1. The molecule has 0 aromatic heterocycles. The zero-order valence-electron chi connectivity index (χ0n) is 21.8. The molecule has 2 unspecified atom stereocenters. The van der Waals surface area contributed by atoms with Crippen LogP contribution in [0, 0.1) is 0 Å². The first-order valence-corrected chi connectivity index (χ1v) is 11.9. The third-order valence-corrected chi connectivity index (χ3v) is 4.54. The molecule has 14 nitrogen and oxygen atoms in total. The highest BCUT2D eigenvalue weighted by Gasteiger charge is 2.27. The molecule has 2 atom stereocenters. The minimum absolute atomic E-state index is 0.0201. The molecule has 0 fully saturated rings. The molecule has 0 saturated heterocycles. The molecular formula is C23H39N3O11. The standard InChI is InChI=1S/C23H39N3O11/c1-5-15(27)6-7-16(20(31)26-17(21(32)33)8-9-19(29)30)25-18(28)14-36-13-12-35-11-10-24-22(34)37-23(2,3)4/h16-17H,5-14H2,1-4H3,(H,24,34)(H,25,28)(H,26,31)(H,29,30)(H,32,33). The molecule has 0 radical (unpaired) electrons. The Morgan fingerprint density at radius 3 is 2.03 bits per heavy atom. The Kier molecular flexibility index (Phi) is 16.5. The van der Waals surface area contributed by atoms with Gasteiger partial charge in [0.25, 0.3) is 0 Å². The summed E-state index contributed by atoms with van der Waals surface area (Å²) in [7, 11) is 0. The summed E-state index contributed by atoms with van der Waals surface area (Å²) in [4.78, 5) is 70.1. The summed E-state index contributed by atoms with van der Waals surface area (Å²) in [6.07, 6.45) is -1.25. The summed E-state index contributed by atoms with van der Waals surface area (Å²) >= 11 is 0. The Balaban J connectivity index is 4.53. The summed E-state index contributed by atoms with van der Waals surface area (Å²) < 4.78 is 15.5. The lowest BCUT2D eigenvalue weighted by Gasteiger charge is -2.21. The van der Waals surface area contributed by atoms with Crippen LogP contribution in [-0.2, 0) is 38.2 Å². The average molecular weight is 534 g/mol. The van der Waals surface area contributed by atoms with Gasteiger partial charge in [0.2, 0.25) is 11.8 Å². The van der Waals surface area contributed by atoms with Crippen LogP contribution >= 0.6 is 0 Å².